The highest BCUT2D eigenvalue weighted by molar-refractivity contribution is 5.97. The lowest BCUT2D eigenvalue weighted by atomic mass is 10.1. The Morgan fingerprint density at radius 1 is 1.09 bits per heavy atom. The van der Waals surface area contributed by atoms with Gasteiger partial charge in [0.25, 0.3) is 0 Å². The topological polar surface area (TPSA) is 29.5 Å². The lowest BCUT2D eigenvalue weighted by Gasteiger charge is -2.22. The second-order valence-electron chi connectivity index (χ2n) is 5.04. The molecule has 0 aliphatic heterocycles. The standard InChI is InChI=1S/C17H16F3NO2/c1-12-7-3-6-10-15(12)23-11-13-8-4-5-9-14(13)21(2)16(22)17(18,19)20/h3-10H,11H2,1-2H3. The van der Waals surface area contributed by atoms with Gasteiger partial charge in [-0.15, -0.1) is 0 Å². The van der Waals surface area contributed by atoms with E-state index in [1.165, 1.54) is 6.07 Å². The summed E-state index contributed by atoms with van der Waals surface area (Å²) in [4.78, 5) is 12.0. The molecule has 0 N–H and O–H groups in total. The lowest BCUT2D eigenvalue weighted by molar-refractivity contribution is -0.170. The molecular weight excluding hydrogens is 307 g/mol. The molecule has 6 heteroatoms. The fraction of sp³-hybridized carbons (Fsp3) is 0.235. The quantitative estimate of drug-likeness (QED) is 0.848. The molecule has 1 amide bonds. The fourth-order valence-electron chi connectivity index (χ4n) is 2.13. The van der Waals surface area contributed by atoms with Gasteiger partial charge in [-0.3, -0.25) is 4.79 Å². The third-order valence-corrected chi connectivity index (χ3v) is 3.38. The summed E-state index contributed by atoms with van der Waals surface area (Å²) in [6.45, 7) is 1.94. The Hall–Kier alpha value is -2.50. The minimum atomic E-state index is -4.92. The zero-order valence-electron chi connectivity index (χ0n) is 12.7. The summed E-state index contributed by atoms with van der Waals surface area (Å²) in [7, 11) is 1.10. The van der Waals surface area contributed by atoms with E-state index in [1.807, 2.05) is 25.1 Å². The van der Waals surface area contributed by atoms with E-state index >= 15 is 0 Å². The maximum atomic E-state index is 12.6. The second-order valence-corrected chi connectivity index (χ2v) is 5.04. The highest BCUT2D eigenvalue weighted by Crippen LogP contribution is 2.27. The molecule has 0 fully saturated rings. The second kappa shape index (κ2) is 6.73. The largest absolute Gasteiger partial charge is 0.489 e. The van der Waals surface area contributed by atoms with Crippen LogP contribution < -0.4 is 9.64 Å². The van der Waals surface area contributed by atoms with Gasteiger partial charge in [-0.25, -0.2) is 0 Å². The highest BCUT2D eigenvalue weighted by atomic mass is 19.4. The maximum Gasteiger partial charge on any atom is 0.471 e. The van der Waals surface area contributed by atoms with Crippen molar-refractivity contribution < 1.29 is 22.7 Å². The molecule has 0 heterocycles. The van der Waals surface area contributed by atoms with E-state index in [0.717, 1.165) is 12.6 Å². The molecule has 0 aromatic heterocycles. The van der Waals surface area contributed by atoms with Crippen LogP contribution in [0.15, 0.2) is 48.5 Å². The Balaban J connectivity index is 2.21. The number of hydrogen-bond donors (Lipinski definition) is 0. The smallest absolute Gasteiger partial charge is 0.471 e. The summed E-state index contributed by atoms with van der Waals surface area (Å²) in [5.74, 6) is -1.27. The van der Waals surface area contributed by atoms with E-state index in [2.05, 4.69) is 0 Å². The molecule has 0 aliphatic rings. The number of carbonyl (C=O) groups excluding carboxylic acids is 1. The van der Waals surface area contributed by atoms with E-state index in [1.54, 1.807) is 24.3 Å². The molecule has 122 valence electrons. The number of ether oxygens (including phenoxy) is 1. The minimum Gasteiger partial charge on any atom is -0.489 e. The van der Waals surface area contributed by atoms with Gasteiger partial charge in [0, 0.05) is 12.6 Å². The van der Waals surface area contributed by atoms with Gasteiger partial charge < -0.3 is 9.64 Å². The van der Waals surface area contributed by atoms with Crippen molar-refractivity contribution >= 4 is 11.6 Å². The molecule has 0 aliphatic carbocycles. The van der Waals surface area contributed by atoms with Gasteiger partial charge in [0.2, 0.25) is 0 Å². The monoisotopic (exact) mass is 323 g/mol. The molecule has 0 atom stereocenters. The van der Waals surface area contributed by atoms with Crippen molar-refractivity contribution in [2.45, 2.75) is 19.7 Å². The van der Waals surface area contributed by atoms with Crippen molar-refractivity contribution in [2.75, 3.05) is 11.9 Å². The van der Waals surface area contributed by atoms with Crippen LogP contribution in [0.3, 0.4) is 0 Å². The zero-order valence-corrected chi connectivity index (χ0v) is 12.7. The molecule has 23 heavy (non-hydrogen) atoms. The first kappa shape index (κ1) is 16.9. The van der Waals surface area contributed by atoms with Gasteiger partial charge >= 0.3 is 12.1 Å². The number of aryl methyl sites for hydroxylation is 1. The summed E-state index contributed by atoms with van der Waals surface area (Å²) < 4.78 is 43.5. The van der Waals surface area contributed by atoms with E-state index in [-0.39, 0.29) is 12.3 Å². The number of benzene rings is 2. The number of para-hydroxylation sites is 2. The van der Waals surface area contributed by atoms with E-state index in [0.29, 0.717) is 16.2 Å². The molecule has 0 unspecified atom stereocenters. The van der Waals surface area contributed by atoms with Crippen LogP contribution in [-0.4, -0.2) is 19.1 Å². The third-order valence-electron chi connectivity index (χ3n) is 3.38. The predicted molar refractivity (Wildman–Crippen MR) is 81.4 cm³/mol. The average Bonchev–Trinajstić information content (AvgIpc) is 2.52. The number of nitrogens with zero attached hydrogens (tertiary/aromatic N) is 1. The van der Waals surface area contributed by atoms with Crippen molar-refractivity contribution in [1.29, 1.82) is 0 Å². The Morgan fingerprint density at radius 3 is 2.35 bits per heavy atom. The van der Waals surface area contributed by atoms with Gasteiger partial charge in [-0.1, -0.05) is 36.4 Å². The molecule has 0 radical (unpaired) electrons. The fourth-order valence-corrected chi connectivity index (χ4v) is 2.13. The first-order valence-corrected chi connectivity index (χ1v) is 6.92. The Bertz CT molecular complexity index is 698. The van der Waals surface area contributed by atoms with Crippen LogP contribution in [0.25, 0.3) is 0 Å². The molecule has 2 aromatic carbocycles. The predicted octanol–water partition coefficient (Wildman–Crippen LogP) is 4.10. The number of alkyl halides is 3. The molecule has 2 rings (SSSR count). The number of amides is 1. The summed E-state index contributed by atoms with van der Waals surface area (Å²) in [5, 5.41) is 0. The number of carbonyl (C=O) groups is 1. The van der Waals surface area contributed by atoms with E-state index in [4.69, 9.17) is 4.74 Å². The first-order chi connectivity index (χ1) is 10.8. The highest BCUT2D eigenvalue weighted by Gasteiger charge is 2.42. The average molecular weight is 323 g/mol. The first-order valence-electron chi connectivity index (χ1n) is 6.92. The van der Waals surface area contributed by atoms with Crippen LogP contribution >= 0.6 is 0 Å². The molecule has 0 saturated carbocycles. The van der Waals surface area contributed by atoms with E-state index < -0.39 is 12.1 Å². The van der Waals surface area contributed by atoms with Crippen LogP contribution in [0.5, 0.6) is 5.75 Å². The van der Waals surface area contributed by atoms with Crippen LogP contribution in [-0.2, 0) is 11.4 Å². The Labute approximate surface area is 132 Å². The molecular formula is C17H16F3NO2. The summed E-state index contributed by atoms with van der Waals surface area (Å²) >= 11 is 0. The third kappa shape index (κ3) is 4.03. The normalized spacial score (nSPS) is 11.2. The summed E-state index contributed by atoms with van der Waals surface area (Å²) in [5.41, 5.74) is 1.59. The SMILES string of the molecule is Cc1ccccc1OCc1ccccc1N(C)C(=O)C(F)(F)F. The Morgan fingerprint density at radius 2 is 1.70 bits per heavy atom. The van der Waals surface area contributed by atoms with Gasteiger partial charge in [0.15, 0.2) is 0 Å². The van der Waals surface area contributed by atoms with Crippen molar-refractivity contribution in [1.82, 2.24) is 0 Å². The minimum absolute atomic E-state index is 0.0660. The molecule has 0 spiro atoms. The zero-order chi connectivity index (χ0) is 17.0. The van der Waals surface area contributed by atoms with Crippen LogP contribution in [0, 0.1) is 6.92 Å². The number of rotatable bonds is 4. The summed E-state index contributed by atoms with van der Waals surface area (Å²) in [6.07, 6.45) is -4.92. The van der Waals surface area contributed by atoms with Crippen molar-refractivity contribution in [2.24, 2.45) is 0 Å². The Kier molecular flexibility index (Phi) is 4.93. The number of hydrogen-bond acceptors (Lipinski definition) is 2. The van der Waals surface area contributed by atoms with Crippen molar-refractivity contribution in [3.05, 3.63) is 59.7 Å². The van der Waals surface area contributed by atoms with Gasteiger partial charge in [0.05, 0.1) is 5.69 Å². The van der Waals surface area contributed by atoms with Crippen molar-refractivity contribution in [3.8, 4) is 5.75 Å². The van der Waals surface area contributed by atoms with Crippen molar-refractivity contribution in [3.63, 3.8) is 0 Å². The van der Waals surface area contributed by atoms with Crippen LogP contribution in [0.2, 0.25) is 0 Å². The molecule has 2 aromatic rings. The summed E-state index contributed by atoms with van der Waals surface area (Å²) in [6, 6.07) is 13.7. The maximum absolute atomic E-state index is 12.6. The number of anilines is 1. The van der Waals surface area contributed by atoms with E-state index in [9.17, 15) is 18.0 Å². The van der Waals surface area contributed by atoms with Crippen LogP contribution in [0.1, 0.15) is 11.1 Å². The lowest BCUT2D eigenvalue weighted by Crippen LogP contribution is -2.39. The van der Waals surface area contributed by atoms with Gasteiger partial charge in [0.1, 0.15) is 12.4 Å². The van der Waals surface area contributed by atoms with Gasteiger partial charge in [-0.2, -0.15) is 13.2 Å². The molecule has 0 bridgehead atoms. The number of halogens is 3. The molecule has 3 nitrogen and oxygen atoms in total. The van der Waals surface area contributed by atoms with Crippen LogP contribution in [0.4, 0.5) is 18.9 Å². The van der Waals surface area contributed by atoms with Gasteiger partial charge in [-0.05, 0) is 24.6 Å². The molecule has 0 saturated heterocycles.